The lowest BCUT2D eigenvalue weighted by Gasteiger charge is -2.09. The van der Waals surface area contributed by atoms with Crippen molar-refractivity contribution < 1.29 is 19.1 Å². The maximum Gasteiger partial charge on any atom is 0.326 e. The molecule has 26 heavy (non-hydrogen) atoms. The fraction of sp³-hybridized carbons (Fsp3) is 0.333. The van der Waals surface area contributed by atoms with Gasteiger partial charge in [0.25, 0.3) is 0 Å². The first-order valence-corrected chi connectivity index (χ1v) is 8.90. The third-order valence-corrected chi connectivity index (χ3v) is 4.51. The van der Waals surface area contributed by atoms with Crippen LogP contribution in [0.2, 0.25) is 0 Å². The third-order valence-electron chi connectivity index (χ3n) is 3.63. The van der Waals surface area contributed by atoms with Crippen LogP contribution in [0.5, 0.6) is 0 Å². The van der Waals surface area contributed by atoms with Crippen LogP contribution >= 0.6 is 11.3 Å². The second-order valence-corrected chi connectivity index (χ2v) is 6.85. The molecule has 1 N–H and O–H groups in total. The number of hydrogen-bond acceptors (Lipinski definition) is 6. The molecular weight excluding hydrogens is 356 g/mol. The third kappa shape index (κ3) is 5.13. The van der Waals surface area contributed by atoms with Gasteiger partial charge in [0.05, 0.1) is 0 Å². The molecule has 0 saturated carbocycles. The van der Waals surface area contributed by atoms with E-state index in [4.69, 9.17) is 4.74 Å². The zero-order valence-corrected chi connectivity index (χ0v) is 15.6. The molecule has 7 nitrogen and oxygen atoms in total. The second-order valence-electron chi connectivity index (χ2n) is 6.03. The zero-order valence-electron chi connectivity index (χ0n) is 14.8. The number of rotatable bonds is 7. The van der Waals surface area contributed by atoms with E-state index < -0.39 is 12.6 Å². The van der Waals surface area contributed by atoms with Crippen molar-refractivity contribution in [3.63, 3.8) is 0 Å². The van der Waals surface area contributed by atoms with Gasteiger partial charge in [-0.3, -0.25) is 23.7 Å². The van der Waals surface area contributed by atoms with Gasteiger partial charge in [-0.05, 0) is 31.2 Å². The topological polar surface area (TPSA) is 94.5 Å². The quantitative estimate of drug-likeness (QED) is 0.591. The first-order valence-electron chi connectivity index (χ1n) is 8.02. The number of benzene rings is 1. The standard InChI is InChI=1S/C18H20N2O5S/c1-11(2)17(23)19-14-6-4-13(5-7-14)15(21)9-25-16(22)8-20-12(3)10-26-18(20)24/h4-7,10-11H,8-9H2,1-3H3,(H,19,23). The highest BCUT2D eigenvalue weighted by atomic mass is 32.1. The van der Waals surface area contributed by atoms with E-state index in [-0.39, 0.29) is 29.0 Å². The normalized spacial score (nSPS) is 10.6. The summed E-state index contributed by atoms with van der Waals surface area (Å²) in [6.45, 7) is 4.66. The zero-order chi connectivity index (χ0) is 19.3. The van der Waals surface area contributed by atoms with E-state index >= 15 is 0 Å². The number of thiazole rings is 1. The fourth-order valence-corrected chi connectivity index (χ4v) is 2.76. The molecule has 2 rings (SSSR count). The van der Waals surface area contributed by atoms with E-state index in [0.717, 1.165) is 11.3 Å². The maximum absolute atomic E-state index is 12.1. The van der Waals surface area contributed by atoms with Crippen molar-refractivity contribution in [2.75, 3.05) is 11.9 Å². The Morgan fingerprint density at radius 1 is 1.19 bits per heavy atom. The molecular formula is C18H20N2O5S. The van der Waals surface area contributed by atoms with Crippen LogP contribution in [0.4, 0.5) is 5.69 Å². The van der Waals surface area contributed by atoms with E-state index in [9.17, 15) is 19.2 Å². The summed E-state index contributed by atoms with van der Waals surface area (Å²) in [5.74, 6) is -1.27. The summed E-state index contributed by atoms with van der Waals surface area (Å²) in [6, 6.07) is 6.34. The Labute approximate surface area is 154 Å². The molecule has 1 aromatic carbocycles. The van der Waals surface area contributed by atoms with Crippen LogP contribution < -0.4 is 10.2 Å². The van der Waals surface area contributed by atoms with Gasteiger partial charge in [0.2, 0.25) is 5.91 Å². The van der Waals surface area contributed by atoms with Crippen LogP contribution in [-0.2, 0) is 20.9 Å². The van der Waals surface area contributed by atoms with Gasteiger partial charge in [0, 0.05) is 28.2 Å². The molecule has 0 spiro atoms. The van der Waals surface area contributed by atoms with E-state index in [1.54, 1.807) is 50.4 Å². The summed E-state index contributed by atoms with van der Waals surface area (Å²) >= 11 is 1.00. The fourth-order valence-electron chi connectivity index (χ4n) is 2.03. The average Bonchev–Trinajstić information content (AvgIpc) is 2.92. The molecule has 0 aliphatic heterocycles. The van der Waals surface area contributed by atoms with Crippen LogP contribution in [0, 0.1) is 12.8 Å². The summed E-state index contributed by atoms with van der Waals surface area (Å²) in [4.78, 5) is 46.9. The number of aryl methyl sites for hydroxylation is 1. The van der Waals surface area contributed by atoms with Gasteiger partial charge in [-0.25, -0.2) is 0 Å². The van der Waals surface area contributed by atoms with E-state index in [1.165, 1.54) is 4.57 Å². The van der Waals surface area contributed by atoms with Crippen molar-refractivity contribution in [2.24, 2.45) is 5.92 Å². The minimum Gasteiger partial charge on any atom is -0.456 e. The molecule has 1 amide bonds. The average molecular weight is 376 g/mol. The predicted molar refractivity (Wildman–Crippen MR) is 98.5 cm³/mol. The van der Waals surface area contributed by atoms with Crippen LogP contribution in [0.25, 0.3) is 0 Å². The van der Waals surface area contributed by atoms with Gasteiger partial charge in [-0.1, -0.05) is 25.2 Å². The first-order chi connectivity index (χ1) is 12.3. The summed E-state index contributed by atoms with van der Waals surface area (Å²) < 4.78 is 6.25. The van der Waals surface area contributed by atoms with Gasteiger partial charge < -0.3 is 10.1 Å². The van der Waals surface area contributed by atoms with Crippen molar-refractivity contribution in [1.29, 1.82) is 0 Å². The van der Waals surface area contributed by atoms with Crippen LogP contribution in [0.15, 0.2) is 34.4 Å². The van der Waals surface area contributed by atoms with Gasteiger partial charge >= 0.3 is 10.8 Å². The number of hydrogen-bond donors (Lipinski definition) is 1. The van der Waals surface area contributed by atoms with Gasteiger partial charge in [0.15, 0.2) is 12.4 Å². The highest BCUT2D eigenvalue weighted by Crippen LogP contribution is 2.12. The number of nitrogens with one attached hydrogen (secondary N) is 1. The molecule has 8 heteroatoms. The lowest BCUT2D eigenvalue weighted by molar-refractivity contribution is -0.143. The van der Waals surface area contributed by atoms with Crippen molar-refractivity contribution in [1.82, 2.24) is 4.57 Å². The van der Waals surface area contributed by atoms with Crippen molar-refractivity contribution in [3.05, 3.63) is 50.6 Å². The van der Waals surface area contributed by atoms with Crippen LogP contribution in [-0.4, -0.2) is 28.8 Å². The first kappa shape index (κ1) is 19.6. The van der Waals surface area contributed by atoms with E-state index in [2.05, 4.69) is 5.32 Å². The van der Waals surface area contributed by atoms with Crippen LogP contribution in [0.3, 0.4) is 0 Å². The number of amides is 1. The number of ether oxygens (including phenoxy) is 1. The lowest BCUT2D eigenvalue weighted by Crippen LogP contribution is -2.24. The number of carbonyl (C=O) groups excluding carboxylic acids is 3. The van der Waals surface area contributed by atoms with E-state index in [0.29, 0.717) is 16.9 Å². The maximum atomic E-state index is 12.1. The lowest BCUT2D eigenvalue weighted by atomic mass is 10.1. The molecule has 0 bridgehead atoms. The highest BCUT2D eigenvalue weighted by molar-refractivity contribution is 7.07. The Hall–Kier alpha value is -2.74. The van der Waals surface area contributed by atoms with E-state index in [1.807, 2.05) is 0 Å². The molecule has 0 unspecified atom stereocenters. The summed E-state index contributed by atoms with van der Waals surface area (Å²) in [5, 5.41) is 4.38. The number of anilines is 1. The molecule has 0 fully saturated rings. The van der Waals surface area contributed by atoms with Crippen molar-refractivity contribution in [2.45, 2.75) is 27.3 Å². The van der Waals surface area contributed by atoms with Crippen LogP contribution in [0.1, 0.15) is 29.9 Å². The highest BCUT2D eigenvalue weighted by Gasteiger charge is 2.13. The molecule has 0 atom stereocenters. The molecule has 0 aliphatic carbocycles. The molecule has 0 saturated heterocycles. The predicted octanol–water partition coefficient (Wildman–Crippen LogP) is 2.24. The van der Waals surface area contributed by atoms with Crippen molar-refractivity contribution >= 4 is 34.7 Å². The molecule has 0 radical (unpaired) electrons. The van der Waals surface area contributed by atoms with Gasteiger partial charge in [-0.15, -0.1) is 0 Å². The number of aromatic nitrogens is 1. The minimum atomic E-state index is -0.650. The Morgan fingerprint density at radius 2 is 1.85 bits per heavy atom. The molecule has 138 valence electrons. The number of esters is 1. The number of ketones is 1. The largest absolute Gasteiger partial charge is 0.456 e. The Bertz CT molecular complexity index is 864. The number of nitrogens with zero attached hydrogens (tertiary/aromatic N) is 1. The molecule has 0 aliphatic rings. The Kier molecular flexibility index (Phi) is 6.46. The SMILES string of the molecule is Cc1csc(=O)n1CC(=O)OCC(=O)c1ccc(NC(=O)C(C)C)cc1. The van der Waals surface area contributed by atoms with Gasteiger partial charge in [0.1, 0.15) is 6.54 Å². The molecule has 1 heterocycles. The minimum absolute atomic E-state index is 0.114. The Morgan fingerprint density at radius 3 is 2.38 bits per heavy atom. The van der Waals surface area contributed by atoms with Crippen molar-refractivity contribution in [3.8, 4) is 0 Å². The monoisotopic (exact) mass is 376 g/mol. The molecule has 1 aromatic heterocycles. The number of carbonyl (C=O) groups is 3. The summed E-state index contributed by atoms with van der Waals surface area (Å²) in [6.07, 6.45) is 0. The number of Topliss-reactive ketones (excluding diaryl/α,β-unsaturated/α-hetero) is 1. The molecule has 2 aromatic rings. The summed E-state index contributed by atoms with van der Waals surface area (Å²) in [5.41, 5.74) is 1.62. The smallest absolute Gasteiger partial charge is 0.326 e. The Balaban J connectivity index is 1.88. The second kappa shape index (κ2) is 8.57. The summed E-state index contributed by atoms with van der Waals surface area (Å²) in [7, 11) is 0. The van der Waals surface area contributed by atoms with Gasteiger partial charge in [-0.2, -0.15) is 0 Å².